The Kier molecular flexibility index (Phi) is 6.10. The quantitative estimate of drug-likeness (QED) is 0.415. The molecule has 0 radical (unpaired) electrons. The molecule has 1 atom stereocenters. The van der Waals surface area contributed by atoms with Gasteiger partial charge in [0.2, 0.25) is 0 Å². The maximum atomic E-state index is 10.7. The molecular weight excluding hydrogens is 236 g/mol. The van der Waals surface area contributed by atoms with Crippen molar-refractivity contribution in [3.63, 3.8) is 0 Å². The van der Waals surface area contributed by atoms with Crippen molar-refractivity contribution in [2.75, 3.05) is 19.7 Å². The smallest absolute Gasteiger partial charge is 0.310 e. The lowest BCUT2D eigenvalue weighted by atomic mass is 10.3. The van der Waals surface area contributed by atoms with Gasteiger partial charge in [-0.2, -0.15) is 0 Å². The number of nitrogens with zero attached hydrogens (tertiary/aromatic N) is 1. The number of hydrogen-bond acceptors (Lipinski definition) is 5. The number of para-hydroxylation sites is 2. The Morgan fingerprint density at radius 2 is 2.22 bits per heavy atom. The van der Waals surface area contributed by atoms with E-state index in [-0.39, 0.29) is 18.0 Å². The topological polar surface area (TPSA) is 84.6 Å². The Hall–Kier alpha value is -1.66. The first-order chi connectivity index (χ1) is 8.65. The number of benzene rings is 1. The van der Waals surface area contributed by atoms with Crippen molar-refractivity contribution in [3.05, 3.63) is 34.4 Å². The zero-order valence-electron chi connectivity index (χ0n) is 10.3. The van der Waals surface area contributed by atoms with Gasteiger partial charge in [-0.1, -0.05) is 19.1 Å². The molecule has 0 bridgehead atoms. The zero-order valence-corrected chi connectivity index (χ0v) is 10.3. The lowest BCUT2D eigenvalue weighted by molar-refractivity contribution is -0.385. The van der Waals surface area contributed by atoms with Gasteiger partial charge in [0, 0.05) is 12.6 Å². The van der Waals surface area contributed by atoms with E-state index in [0.717, 1.165) is 13.0 Å². The van der Waals surface area contributed by atoms with Crippen LogP contribution in [0.3, 0.4) is 0 Å². The molecular formula is C12H18N2O4. The van der Waals surface area contributed by atoms with Crippen LogP contribution < -0.4 is 10.1 Å². The van der Waals surface area contributed by atoms with E-state index in [9.17, 15) is 15.2 Å². The minimum absolute atomic E-state index is 0.0293. The van der Waals surface area contributed by atoms with E-state index in [4.69, 9.17) is 4.74 Å². The average molecular weight is 254 g/mol. The van der Waals surface area contributed by atoms with E-state index in [0.29, 0.717) is 6.54 Å². The van der Waals surface area contributed by atoms with Crippen molar-refractivity contribution in [1.82, 2.24) is 5.32 Å². The summed E-state index contributed by atoms with van der Waals surface area (Å²) in [7, 11) is 0. The van der Waals surface area contributed by atoms with E-state index in [1.807, 2.05) is 6.92 Å². The number of aliphatic hydroxyl groups excluding tert-OH is 1. The molecule has 1 aromatic carbocycles. The zero-order chi connectivity index (χ0) is 13.4. The monoisotopic (exact) mass is 254 g/mol. The maximum absolute atomic E-state index is 10.7. The number of ether oxygens (including phenoxy) is 1. The van der Waals surface area contributed by atoms with Crippen molar-refractivity contribution in [1.29, 1.82) is 0 Å². The molecule has 6 heteroatoms. The molecule has 100 valence electrons. The highest BCUT2D eigenvalue weighted by molar-refractivity contribution is 5.45. The molecule has 0 aliphatic heterocycles. The third kappa shape index (κ3) is 4.68. The second-order valence-electron chi connectivity index (χ2n) is 3.89. The summed E-state index contributed by atoms with van der Waals surface area (Å²) in [5, 5.41) is 23.4. The molecule has 0 spiro atoms. The third-order valence-corrected chi connectivity index (χ3v) is 2.30. The van der Waals surface area contributed by atoms with E-state index < -0.39 is 11.0 Å². The highest BCUT2D eigenvalue weighted by atomic mass is 16.6. The van der Waals surface area contributed by atoms with Gasteiger partial charge in [0.25, 0.3) is 0 Å². The maximum Gasteiger partial charge on any atom is 0.310 e. The van der Waals surface area contributed by atoms with Gasteiger partial charge in [-0.15, -0.1) is 0 Å². The van der Waals surface area contributed by atoms with Crippen molar-refractivity contribution in [2.24, 2.45) is 0 Å². The Morgan fingerprint density at radius 3 is 2.89 bits per heavy atom. The number of nitro groups is 1. The summed E-state index contributed by atoms with van der Waals surface area (Å²) >= 11 is 0. The SMILES string of the molecule is CCCNCC(O)COc1ccccc1[N+](=O)[O-]. The van der Waals surface area contributed by atoms with E-state index in [2.05, 4.69) is 5.32 Å². The molecule has 1 aromatic rings. The summed E-state index contributed by atoms with van der Waals surface area (Å²) in [6.07, 6.45) is 0.300. The fraction of sp³-hybridized carbons (Fsp3) is 0.500. The van der Waals surface area contributed by atoms with Gasteiger partial charge in [0.05, 0.1) is 4.92 Å². The number of nitrogens with one attached hydrogen (secondary N) is 1. The van der Waals surface area contributed by atoms with Gasteiger partial charge >= 0.3 is 5.69 Å². The average Bonchev–Trinajstić information content (AvgIpc) is 2.37. The summed E-state index contributed by atoms with van der Waals surface area (Å²) in [5.41, 5.74) is -0.0915. The summed E-state index contributed by atoms with van der Waals surface area (Å²) in [5.74, 6) is 0.178. The largest absolute Gasteiger partial charge is 0.484 e. The minimum atomic E-state index is -0.684. The number of rotatable bonds is 8. The Morgan fingerprint density at radius 1 is 1.50 bits per heavy atom. The number of hydrogen-bond donors (Lipinski definition) is 2. The van der Waals surface area contributed by atoms with E-state index in [1.165, 1.54) is 12.1 Å². The van der Waals surface area contributed by atoms with Gasteiger partial charge in [-0.05, 0) is 19.0 Å². The summed E-state index contributed by atoms with van der Waals surface area (Å²) in [6.45, 7) is 3.29. The van der Waals surface area contributed by atoms with Gasteiger partial charge in [-0.3, -0.25) is 10.1 Å². The van der Waals surface area contributed by atoms with Crippen LogP contribution >= 0.6 is 0 Å². The van der Waals surface area contributed by atoms with Crippen LogP contribution in [0, 0.1) is 10.1 Å². The molecule has 18 heavy (non-hydrogen) atoms. The minimum Gasteiger partial charge on any atom is -0.484 e. The van der Waals surface area contributed by atoms with Crippen LogP contribution in [0.25, 0.3) is 0 Å². The second kappa shape index (κ2) is 7.62. The predicted molar refractivity (Wildman–Crippen MR) is 67.8 cm³/mol. The van der Waals surface area contributed by atoms with Crippen LogP contribution in [-0.4, -0.2) is 35.8 Å². The summed E-state index contributed by atoms with van der Waals surface area (Å²) in [6, 6.07) is 6.12. The number of aliphatic hydroxyl groups is 1. The molecule has 0 aromatic heterocycles. The molecule has 2 N–H and O–H groups in total. The molecule has 0 aliphatic rings. The molecule has 0 saturated carbocycles. The molecule has 0 aliphatic carbocycles. The van der Waals surface area contributed by atoms with Crippen molar-refractivity contribution >= 4 is 5.69 Å². The van der Waals surface area contributed by atoms with E-state index >= 15 is 0 Å². The molecule has 0 amide bonds. The van der Waals surface area contributed by atoms with Crippen molar-refractivity contribution in [3.8, 4) is 5.75 Å². The van der Waals surface area contributed by atoms with Crippen LogP contribution in [-0.2, 0) is 0 Å². The molecule has 6 nitrogen and oxygen atoms in total. The van der Waals surface area contributed by atoms with Gasteiger partial charge in [-0.25, -0.2) is 0 Å². The molecule has 1 unspecified atom stereocenters. The van der Waals surface area contributed by atoms with Gasteiger partial charge in [0.15, 0.2) is 5.75 Å². The Labute approximate surface area is 106 Å². The van der Waals surface area contributed by atoms with Crippen LogP contribution in [0.4, 0.5) is 5.69 Å². The van der Waals surface area contributed by atoms with Gasteiger partial charge < -0.3 is 15.2 Å². The summed E-state index contributed by atoms with van der Waals surface area (Å²) in [4.78, 5) is 10.2. The van der Waals surface area contributed by atoms with Crippen LogP contribution in [0.5, 0.6) is 5.75 Å². The Bertz CT molecular complexity index is 384. The fourth-order valence-corrected chi connectivity index (χ4v) is 1.42. The van der Waals surface area contributed by atoms with Crippen LogP contribution in [0.2, 0.25) is 0 Å². The first-order valence-corrected chi connectivity index (χ1v) is 5.90. The molecule has 0 fully saturated rings. The van der Waals surface area contributed by atoms with Crippen molar-refractivity contribution in [2.45, 2.75) is 19.4 Å². The lowest BCUT2D eigenvalue weighted by Gasteiger charge is -2.12. The second-order valence-corrected chi connectivity index (χ2v) is 3.89. The first-order valence-electron chi connectivity index (χ1n) is 5.90. The predicted octanol–water partition coefficient (Wildman–Crippen LogP) is 1.33. The number of nitro benzene ring substituents is 1. The third-order valence-electron chi connectivity index (χ3n) is 2.30. The van der Waals surface area contributed by atoms with Crippen LogP contribution in [0.15, 0.2) is 24.3 Å². The standard InChI is InChI=1S/C12H18N2O4/c1-2-7-13-8-10(15)9-18-12-6-4-3-5-11(12)14(16)17/h3-6,10,13,15H,2,7-9H2,1H3. The van der Waals surface area contributed by atoms with E-state index in [1.54, 1.807) is 12.1 Å². The lowest BCUT2D eigenvalue weighted by Crippen LogP contribution is -2.31. The normalized spacial score (nSPS) is 12.1. The molecule has 0 heterocycles. The van der Waals surface area contributed by atoms with Crippen LogP contribution in [0.1, 0.15) is 13.3 Å². The molecule has 1 rings (SSSR count). The molecule has 0 saturated heterocycles. The highest BCUT2D eigenvalue weighted by Crippen LogP contribution is 2.25. The van der Waals surface area contributed by atoms with Gasteiger partial charge in [0.1, 0.15) is 12.7 Å². The first kappa shape index (κ1) is 14.4. The highest BCUT2D eigenvalue weighted by Gasteiger charge is 2.14. The van der Waals surface area contributed by atoms with Crippen molar-refractivity contribution < 1.29 is 14.8 Å². The Balaban J connectivity index is 2.45. The summed E-state index contributed by atoms with van der Waals surface area (Å²) < 4.78 is 5.26. The fourth-order valence-electron chi connectivity index (χ4n) is 1.42.